The second-order valence-corrected chi connectivity index (χ2v) is 41.2. The smallest absolute Gasteiger partial charge is 0.870 e. The van der Waals surface area contributed by atoms with Crippen LogP contribution in [0.25, 0.3) is 0 Å². The quantitative estimate of drug-likeness (QED) is 0.0279. The number of anilines is 1. The van der Waals surface area contributed by atoms with Gasteiger partial charge in [0.1, 0.15) is 16.8 Å². The van der Waals surface area contributed by atoms with E-state index in [9.17, 15) is 52.7 Å². The number of fused-ring (bicyclic) bond motifs is 6. The van der Waals surface area contributed by atoms with Crippen molar-refractivity contribution < 1.29 is 121 Å². The number of ketones is 2. The minimum Gasteiger partial charge on any atom is -0.870 e. The minimum absolute atomic E-state index is 0. The van der Waals surface area contributed by atoms with E-state index in [-0.39, 0.29) is 105 Å². The van der Waals surface area contributed by atoms with Crippen molar-refractivity contribution in [1.29, 1.82) is 0 Å². The molecule has 28 nitrogen and oxygen atoms in total. The monoisotopic (exact) mass is 1810 g/mol. The summed E-state index contributed by atoms with van der Waals surface area (Å²) >= 11 is 0. The number of esters is 4. The summed E-state index contributed by atoms with van der Waals surface area (Å²) in [6, 6.07) is 35.8. The van der Waals surface area contributed by atoms with Crippen LogP contribution in [0.5, 0.6) is 0 Å². The average Bonchev–Trinajstić information content (AvgIpc) is 1.68. The maximum atomic E-state index is 13.6. The molecule has 7 aromatic rings. The Morgan fingerprint density at radius 3 is 1.14 bits per heavy atom. The first-order valence-electron chi connectivity index (χ1n) is 44.2. The maximum absolute atomic E-state index is 13.6. The number of ether oxygens (including phenoxy) is 7. The number of amides is 4. The van der Waals surface area contributed by atoms with Crippen LogP contribution in [0.2, 0.25) is 0 Å². The Bertz CT molecular complexity index is 5500. The van der Waals surface area contributed by atoms with E-state index in [4.69, 9.17) is 29.3 Å². The third-order valence-corrected chi connectivity index (χ3v) is 25.1. The Hall–Kier alpha value is -11.7. The van der Waals surface area contributed by atoms with Gasteiger partial charge in [-0.25, -0.2) is 38.4 Å². The second-order valence-electron chi connectivity index (χ2n) is 41.2. The fraction of sp³-hybridized carbons (Fsp3) is 0.485. The van der Waals surface area contributed by atoms with Crippen LogP contribution >= 0.6 is 0 Å². The van der Waals surface area contributed by atoms with Crippen LogP contribution in [0.4, 0.5) is 20.1 Å². The Morgan fingerprint density at radius 2 is 0.750 bits per heavy atom. The Labute approximate surface area is 787 Å². The molecule has 3 atom stereocenters. The van der Waals surface area contributed by atoms with E-state index in [2.05, 4.69) is 105 Å². The molecule has 704 valence electrons. The largest absolute Gasteiger partial charge is 1.00 e. The summed E-state index contributed by atoms with van der Waals surface area (Å²) in [6.07, 6.45) is 12.2. The van der Waals surface area contributed by atoms with Crippen molar-refractivity contribution in [1.82, 2.24) is 25.8 Å². The predicted octanol–water partition coefficient (Wildman–Crippen LogP) is 15.8. The summed E-state index contributed by atoms with van der Waals surface area (Å²) in [7, 11) is 5.37. The molecule has 1 spiro atoms. The third-order valence-electron chi connectivity index (χ3n) is 25.1. The van der Waals surface area contributed by atoms with Crippen LogP contribution < -0.4 is 39.7 Å². The summed E-state index contributed by atoms with van der Waals surface area (Å²) < 4.78 is 34.9. The predicted molar refractivity (Wildman–Crippen MR) is 495 cm³/mol. The molecule has 6 N–H and O–H groups in total. The number of benzene rings is 6. The first-order chi connectivity index (χ1) is 60.6. The molecule has 132 heavy (non-hydrogen) atoms. The van der Waals surface area contributed by atoms with E-state index in [1.165, 1.54) is 52.5 Å². The van der Waals surface area contributed by atoms with Crippen molar-refractivity contribution in [3.8, 4) is 0 Å². The molecule has 2 saturated heterocycles. The molecule has 8 aliphatic rings. The van der Waals surface area contributed by atoms with Crippen LogP contribution in [-0.4, -0.2) is 168 Å². The molecule has 4 amide bonds. The van der Waals surface area contributed by atoms with Crippen LogP contribution in [0.1, 0.15) is 320 Å². The molecule has 6 aromatic carbocycles. The van der Waals surface area contributed by atoms with Gasteiger partial charge in [0.05, 0.1) is 80.1 Å². The number of methoxy groups -OCH3 is 4. The van der Waals surface area contributed by atoms with Gasteiger partial charge in [-0.3, -0.25) is 19.4 Å². The number of carbonyl (C=O) groups excluding carboxylic acids is 10. The molecular weight excluding hydrogens is 1680 g/mol. The number of nitrogens with one attached hydrogen (secondary N) is 3. The number of likely N-dealkylation sites (tertiary alicyclic amines) is 1. The van der Waals surface area contributed by atoms with Crippen molar-refractivity contribution in [2.75, 3.05) is 59.5 Å². The third kappa shape index (κ3) is 25.8. The number of Topliss-reactive ketones (excluding diaryl/α,β-unsaturated/α-hetero) is 2. The summed E-state index contributed by atoms with van der Waals surface area (Å²) in [5.41, 5.74) is 13.8. The number of aromatic carboxylic acids is 1. The van der Waals surface area contributed by atoms with Gasteiger partial charge in [0.2, 0.25) is 0 Å². The second kappa shape index (κ2) is 42.0. The molecule has 0 bridgehead atoms. The number of carboxylic acids is 1. The number of aryl methyl sites for hydroxylation is 1. The number of hydrogen-bond donors (Lipinski definition) is 5. The van der Waals surface area contributed by atoms with Crippen LogP contribution in [0.3, 0.4) is 0 Å². The Balaban J connectivity index is 0.000000202. The van der Waals surface area contributed by atoms with Gasteiger partial charge in [0, 0.05) is 83.8 Å². The fourth-order valence-electron chi connectivity index (χ4n) is 18.5. The minimum atomic E-state index is -0.969. The summed E-state index contributed by atoms with van der Waals surface area (Å²) in [5, 5.41) is 30.6. The maximum Gasteiger partial charge on any atom is 1.00 e. The van der Waals surface area contributed by atoms with E-state index < -0.39 is 53.0 Å². The molecule has 0 saturated carbocycles. The molecule has 3 heterocycles. The van der Waals surface area contributed by atoms with Crippen molar-refractivity contribution in [3.05, 3.63) is 234 Å². The number of oxime groups is 1. The molecular formula is C103H130LiN7O21. The van der Waals surface area contributed by atoms with Gasteiger partial charge in [0.15, 0.2) is 11.6 Å². The SMILES string of the molecule is CC(C)(C)OC(=O)NC1c2cc(C(=O)N3CCC4(CC3)CCN(c3ccncc3)CC4)ccc2CC1(C)C.CC(C)(C)OC(=O)NC1c2cc(C(=O)O)ccc2CC1(C)C.COC(=O)c1ccc2c(c1)/C(=N\O)C(C)(C)C2.COC(=O)c1ccc2c(c1)C(=O)C(C)(C)C2.COC(=O)c1ccc2c(c1)C(=O)CC2.COC(=O)c1ccc2c(c1)C(NC(=O)OC(C)(C)C)C(C)(C)C2.[Li+].[OH-]. The molecule has 6 aliphatic carbocycles. The molecule has 29 heteroatoms. The van der Waals surface area contributed by atoms with Gasteiger partial charge in [0.25, 0.3) is 5.91 Å². The summed E-state index contributed by atoms with van der Waals surface area (Å²) in [4.78, 5) is 139. The topological polar surface area (TPSA) is 391 Å². The zero-order valence-electron chi connectivity index (χ0n) is 81.0. The number of nitrogens with zero attached hydrogens (tertiary/aromatic N) is 4. The summed E-state index contributed by atoms with van der Waals surface area (Å²) in [6.45, 7) is 40.7. The zero-order valence-corrected chi connectivity index (χ0v) is 81.0. The number of carbonyl (C=O) groups is 11. The van der Waals surface area contributed by atoms with E-state index in [0.29, 0.717) is 56.5 Å². The van der Waals surface area contributed by atoms with Gasteiger partial charge in [-0.1, -0.05) is 111 Å². The molecule has 2 aliphatic heterocycles. The number of carboxylic acid groups (broad SMARTS) is 1. The molecule has 0 radical (unpaired) electrons. The Kier molecular flexibility index (Phi) is 33.6. The van der Waals surface area contributed by atoms with Gasteiger partial charge in [-0.15, -0.1) is 0 Å². The molecule has 2 fully saturated rings. The Morgan fingerprint density at radius 1 is 0.417 bits per heavy atom. The first-order valence-corrected chi connectivity index (χ1v) is 44.2. The number of hydrogen-bond acceptors (Lipinski definition) is 23. The average molecular weight is 1810 g/mol. The van der Waals surface area contributed by atoms with Crippen molar-refractivity contribution in [2.24, 2.45) is 37.6 Å². The van der Waals surface area contributed by atoms with E-state index in [1.54, 1.807) is 60.7 Å². The number of piperidine rings is 2. The normalized spacial score (nSPS) is 18.9. The number of alkyl carbamates (subject to hydrolysis) is 3. The fourth-order valence-corrected chi connectivity index (χ4v) is 18.5. The molecule has 1 aromatic heterocycles. The van der Waals surface area contributed by atoms with Crippen LogP contribution in [-0.2, 0) is 71.7 Å². The van der Waals surface area contributed by atoms with E-state index in [0.717, 1.165) is 128 Å². The zero-order chi connectivity index (χ0) is 95.9. The number of pyridine rings is 1. The van der Waals surface area contributed by atoms with Crippen molar-refractivity contribution >= 4 is 77.0 Å². The van der Waals surface area contributed by atoms with Crippen LogP contribution in [0.15, 0.2) is 139 Å². The molecule has 3 unspecified atom stereocenters. The number of aromatic nitrogens is 1. The van der Waals surface area contributed by atoms with E-state index in [1.807, 2.05) is 150 Å². The van der Waals surface area contributed by atoms with Crippen LogP contribution in [0, 0.1) is 32.5 Å². The first kappa shape index (κ1) is 106. The van der Waals surface area contributed by atoms with Crippen molar-refractivity contribution in [3.63, 3.8) is 0 Å². The van der Waals surface area contributed by atoms with Crippen molar-refractivity contribution in [2.45, 2.75) is 237 Å². The van der Waals surface area contributed by atoms with E-state index >= 15 is 0 Å². The van der Waals surface area contributed by atoms with Gasteiger partial charge in [-0.05, 0) is 283 Å². The standard InChI is InChI=1S/C31H42N4O3.C18H25NO4.C17H23NO4.C13H15NO3.C13H14O3.C11H10O3.Li.H2O/c1-29(2,3)38-28(37)33-26-25-20-22(6-7-23(25)21-30(26,4)5)27(36)35-18-12-31(13-19-35)10-16-34(17-11-31)24-8-14-32-15-9-24;1-17(2,3)23-16(21)19-14-13-9-11(15(20)22-6)7-8-12(13)10-18(14,4)5;1-16(2,3)22-15(21)18-13-12-8-10(14(19)20)6-7-11(12)9-17(13,4)5;1-13(2)7-9-5-4-8(12(15)17-3)6-10(9)11(13)14-16;1-13(2)7-9-5-4-8(12(15)16-3)6-10(9)11(13)14;1-14-11(13)8-3-2-7-4-5-10(12)9(7)6-8;;/h6-9,14-15,20,26H,10-13,16-19,21H2,1-5H3,(H,33,37);7-9,14H,10H2,1-6H3,(H,19,21);6-8,13H,9H2,1-5H3,(H,18,21)(H,19,20);4-6,16H,7H2,1-3H3;4-6H,7H2,1-3H3;2-3,6H,4-5H2,1H3;;1H2/q;;;;;;+1;/p-1/b;;;14-11+;;;;. The summed E-state index contributed by atoms with van der Waals surface area (Å²) in [5.74, 6) is -2.21. The van der Waals surface area contributed by atoms with Gasteiger partial charge in [-0.2, -0.15) is 0 Å². The van der Waals surface area contributed by atoms with Gasteiger partial charge >= 0.3 is 67.0 Å². The number of rotatable bonds is 10. The van der Waals surface area contributed by atoms with Gasteiger partial charge < -0.3 is 74.7 Å². The molecule has 15 rings (SSSR count).